The van der Waals surface area contributed by atoms with Gasteiger partial charge in [0.1, 0.15) is 16.9 Å². The van der Waals surface area contributed by atoms with Crippen LogP contribution in [-0.2, 0) is 0 Å². The molecule has 12 heavy (non-hydrogen) atoms. The summed E-state index contributed by atoms with van der Waals surface area (Å²) in [6.45, 7) is 0. The van der Waals surface area contributed by atoms with Crippen molar-refractivity contribution in [3.8, 4) is 6.07 Å². The Morgan fingerprint density at radius 3 is 2.92 bits per heavy atom. The van der Waals surface area contributed by atoms with E-state index in [0.717, 1.165) is 3.57 Å². The molecule has 5 heteroatoms. The van der Waals surface area contributed by atoms with Gasteiger partial charge in [-0.1, -0.05) is 0 Å². The number of pyridine rings is 1. The van der Waals surface area contributed by atoms with Crippen LogP contribution in [0.15, 0.2) is 11.1 Å². The van der Waals surface area contributed by atoms with Crippen molar-refractivity contribution in [3.63, 3.8) is 0 Å². The Labute approximate surface area is 88.5 Å². The number of aromatic nitrogens is 1. The summed E-state index contributed by atoms with van der Waals surface area (Å²) in [4.78, 5) is 4.07. The van der Waals surface area contributed by atoms with Crippen LogP contribution in [0.4, 0.5) is 5.82 Å². The number of hydrogen-bond acceptors (Lipinski definition) is 4. The molecule has 1 aromatic rings. The number of nitrogens with two attached hydrogens (primary N) is 1. The van der Waals surface area contributed by atoms with Crippen LogP contribution in [0.5, 0.6) is 0 Å². The summed E-state index contributed by atoms with van der Waals surface area (Å²) >= 11 is 3.48. The lowest BCUT2D eigenvalue weighted by Crippen LogP contribution is -1.97. The molecule has 0 spiro atoms. The summed E-state index contributed by atoms with van der Waals surface area (Å²) in [7, 11) is 0. The van der Waals surface area contributed by atoms with Gasteiger partial charge in [0.05, 0.1) is 9.13 Å². The monoisotopic (exact) mass is 291 g/mol. The zero-order valence-electron chi connectivity index (χ0n) is 6.34. The van der Waals surface area contributed by atoms with E-state index in [1.54, 1.807) is 6.07 Å². The van der Waals surface area contributed by atoms with Gasteiger partial charge >= 0.3 is 0 Å². The minimum absolute atomic E-state index is 0.485. The van der Waals surface area contributed by atoms with Crippen molar-refractivity contribution in [1.82, 2.24) is 4.98 Å². The summed E-state index contributed by atoms with van der Waals surface area (Å²) in [5, 5.41) is 9.41. The van der Waals surface area contributed by atoms with E-state index < -0.39 is 0 Å². The van der Waals surface area contributed by atoms with Crippen LogP contribution in [0, 0.1) is 14.9 Å². The number of thioether (sulfide) groups is 1. The van der Waals surface area contributed by atoms with Gasteiger partial charge in [-0.2, -0.15) is 5.26 Å². The molecule has 0 aromatic carbocycles. The molecule has 0 aliphatic carbocycles. The first kappa shape index (κ1) is 9.61. The van der Waals surface area contributed by atoms with Crippen molar-refractivity contribution in [2.24, 2.45) is 0 Å². The molecule has 0 radical (unpaired) electrons. The molecule has 0 saturated heterocycles. The lowest BCUT2D eigenvalue weighted by molar-refractivity contribution is 1.11. The molecule has 0 aliphatic rings. The Bertz CT molecular complexity index is 345. The Morgan fingerprint density at radius 2 is 2.42 bits per heavy atom. The fourth-order valence-electron chi connectivity index (χ4n) is 0.721. The molecule has 0 amide bonds. The molecule has 1 heterocycles. The molecule has 1 rings (SSSR count). The van der Waals surface area contributed by atoms with Crippen molar-refractivity contribution in [3.05, 3.63) is 15.2 Å². The number of rotatable bonds is 1. The minimum Gasteiger partial charge on any atom is -0.383 e. The van der Waals surface area contributed by atoms with E-state index in [4.69, 9.17) is 11.0 Å². The van der Waals surface area contributed by atoms with E-state index in [0.29, 0.717) is 16.4 Å². The van der Waals surface area contributed by atoms with E-state index in [-0.39, 0.29) is 0 Å². The van der Waals surface area contributed by atoms with Crippen molar-refractivity contribution < 1.29 is 0 Å². The van der Waals surface area contributed by atoms with Gasteiger partial charge in [-0.05, 0) is 34.9 Å². The molecule has 0 saturated carbocycles. The number of nitrogens with zero attached hydrogens (tertiary/aromatic N) is 2. The van der Waals surface area contributed by atoms with E-state index in [1.165, 1.54) is 11.8 Å². The first-order chi connectivity index (χ1) is 5.69. The summed E-state index contributed by atoms with van der Waals surface area (Å²) in [5.74, 6) is 0.485. The van der Waals surface area contributed by atoms with Gasteiger partial charge in [-0.25, -0.2) is 4.98 Å². The fourth-order valence-corrected chi connectivity index (χ4v) is 1.67. The van der Waals surface area contributed by atoms with Gasteiger partial charge in [-0.3, -0.25) is 0 Å². The highest BCUT2D eigenvalue weighted by Gasteiger charge is 2.06. The third-order valence-electron chi connectivity index (χ3n) is 1.28. The maximum atomic E-state index is 8.72. The van der Waals surface area contributed by atoms with Crippen LogP contribution in [0.25, 0.3) is 0 Å². The van der Waals surface area contributed by atoms with Crippen molar-refractivity contribution in [2.45, 2.75) is 5.03 Å². The van der Waals surface area contributed by atoms with E-state index in [9.17, 15) is 0 Å². The molecular weight excluding hydrogens is 285 g/mol. The molecule has 3 nitrogen and oxygen atoms in total. The highest BCUT2D eigenvalue weighted by molar-refractivity contribution is 14.1. The number of halogens is 1. The van der Waals surface area contributed by atoms with Gasteiger partial charge in [0.15, 0.2) is 0 Å². The summed E-state index contributed by atoms with van der Waals surface area (Å²) < 4.78 is 0.821. The average molecular weight is 291 g/mol. The lowest BCUT2D eigenvalue weighted by Gasteiger charge is -2.01. The molecule has 0 unspecified atom stereocenters. The van der Waals surface area contributed by atoms with E-state index in [2.05, 4.69) is 33.6 Å². The van der Waals surface area contributed by atoms with Gasteiger partial charge in [0.25, 0.3) is 0 Å². The van der Waals surface area contributed by atoms with Crippen LogP contribution < -0.4 is 5.73 Å². The second kappa shape index (κ2) is 3.96. The van der Waals surface area contributed by atoms with Gasteiger partial charge in [0.2, 0.25) is 0 Å². The topological polar surface area (TPSA) is 62.7 Å². The Morgan fingerprint density at radius 1 is 1.75 bits per heavy atom. The number of anilines is 1. The van der Waals surface area contributed by atoms with Gasteiger partial charge in [0, 0.05) is 0 Å². The molecule has 0 bridgehead atoms. The zero-order chi connectivity index (χ0) is 9.14. The molecule has 1 aromatic heterocycles. The van der Waals surface area contributed by atoms with E-state index >= 15 is 0 Å². The third-order valence-corrected chi connectivity index (χ3v) is 2.84. The quantitative estimate of drug-likeness (QED) is 0.633. The maximum absolute atomic E-state index is 8.72. The largest absolute Gasteiger partial charge is 0.383 e. The SMILES string of the molecule is CSc1nc(N)c(I)cc1C#N. The van der Waals surface area contributed by atoms with Gasteiger partial charge in [-0.15, -0.1) is 11.8 Å². The Balaban J connectivity index is 3.31. The zero-order valence-corrected chi connectivity index (χ0v) is 9.31. The van der Waals surface area contributed by atoms with Crippen LogP contribution in [0.2, 0.25) is 0 Å². The predicted molar refractivity (Wildman–Crippen MR) is 57.9 cm³/mol. The normalized spacial score (nSPS) is 9.42. The molecule has 2 N–H and O–H groups in total. The van der Waals surface area contributed by atoms with Crippen LogP contribution in [0.3, 0.4) is 0 Å². The summed E-state index contributed by atoms with van der Waals surface area (Å²) in [6, 6.07) is 3.82. The Kier molecular flexibility index (Phi) is 3.17. The number of nitrogen functional groups attached to an aromatic ring is 1. The first-order valence-corrected chi connectivity index (χ1v) is 5.39. The summed E-state index contributed by atoms with van der Waals surface area (Å²) in [6.07, 6.45) is 1.87. The molecule has 0 aliphatic heterocycles. The van der Waals surface area contributed by atoms with Crippen LogP contribution in [0.1, 0.15) is 5.56 Å². The molecule has 62 valence electrons. The third kappa shape index (κ3) is 1.81. The number of nitriles is 1. The van der Waals surface area contributed by atoms with Crippen molar-refractivity contribution in [2.75, 3.05) is 12.0 Å². The summed E-state index contributed by atoms with van der Waals surface area (Å²) in [5.41, 5.74) is 6.16. The fraction of sp³-hybridized carbons (Fsp3) is 0.143. The second-order valence-corrected chi connectivity index (χ2v) is 3.98. The second-order valence-electron chi connectivity index (χ2n) is 2.02. The Hall–Kier alpha value is -0.480. The highest BCUT2D eigenvalue weighted by Crippen LogP contribution is 2.22. The van der Waals surface area contributed by atoms with Crippen molar-refractivity contribution >= 4 is 40.2 Å². The minimum atomic E-state index is 0.485. The average Bonchev–Trinajstić information content (AvgIpc) is 2.09. The number of hydrogen-bond donors (Lipinski definition) is 1. The predicted octanol–water partition coefficient (Wildman–Crippen LogP) is 1.86. The molecule has 0 atom stereocenters. The van der Waals surface area contributed by atoms with Crippen LogP contribution >= 0.6 is 34.4 Å². The van der Waals surface area contributed by atoms with Crippen LogP contribution in [-0.4, -0.2) is 11.2 Å². The van der Waals surface area contributed by atoms with Crippen molar-refractivity contribution in [1.29, 1.82) is 5.26 Å². The first-order valence-electron chi connectivity index (χ1n) is 3.09. The standard InChI is InChI=1S/C7H6IN3S/c1-12-7-4(3-9)2-5(8)6(10)11-7/h2H,1H3,(H2,10,11). The lowest BCUT2D eigenvalue weighted by atomic mass is 10.3. The maximum Gasteiger partial charge on any atom is 0.138 e. The molecule has 0 fully saturated rings. The highest BCUT2D eigenvalue weighted by atomic mass is 127. The van der Waals surface area contributed by atoms with Gasteiger partial charge < -0.3 is 5.73 Å². The smallest absolute Gasteiger partial charge is 0.138 e. The van der Waals surface area contributed by atoms with E-state index in [1.807, 2.05) is 6.26 Å². The molecular formula is C7H6IN3S.